The van der Waals surface area contributed by atoms with Crippen LogP contribution in [0.3, 0.4) is 0 Å². The van der Waals surface area contributed by atoms with Crippen LogP contribution in [0.1, 0.15) is 19.8 Å². The molecule has 2 N–H and O–H groups in total. The molecular formula is C9H16N2O4S. The summed E-state index contributed by atoms with van der Waals surface area (Å²) in [5, 5.41) is -0.871. The van der Waals surface area contributed by atoms with Crippen molar-refractivity contribution in [1.29, 1.82) is 0 Å². The van der Waals surface area contributed by atoms with E-state index in [-0.39, 0.29) is 18.4 Å². The van der Waals surface area contributed by atoms with Crippen LogP contribution in [0.2, 0.25) is 0 Å². The minimum atomic E-state index is -1.83. The van der Waals surface area contributed by atoms with Crippen molar-refractivity contribution in [3.63, 3.8) is 0 Å². The van der Waals surface area contributed by atoms with Crippen molar-refractivity contribution in [3.05, 3.63) is 0 Å². The molecule has 0 aromatic heterocycles. The second-order valence-corrected chi connectivity index (χ2v) is 4.96. The number of ether oxygens (including phenoxy) is 1. The molecule has 0 aromatic rings. The molecule has 1 aliphatic heterocycles. The predicted molar refractivity (Wildman–Crippen MR) is 58.7 cm³/mol. The Balaban J connectivity index is 2.56. The van der Waals surface area contributed by atoms with Gasteiger partial charge in [0, 0.05) is 13.1 Å². The van der Waals surface area contributed by atoms with Crippen LogP contribution < -0.4 is 5.73 Å². The quantitative estimate of drug-likeness (QED) is 0.712. The lowest BCUT2D eigenvalue weighted by atomic mass is 10.0. The smallest absolute Gasteiger partial charge is 0.321 e. The maximum atomic E-state index is 11.5. The maximum absolute atomic E-state index is 11.5. The van der Waals surface area contributed by atoms with Crippen molar-refractivity contribution in [2.24, 2.45) is 11.7 Å². The van der Waals surface area contributed by atoms with Crippen molar-refractivity contribution in [2.75, 3.05) is 19.7 Å². The van der Waals surface area contributed by atoms with Crippen LogP contribution in [0.15, 0.2) is 0 Å². The van der Waals surface area contributed by atoms with Gasteiger partial charge >= 0.3 is 11.2 Å². The molecule has 0 aliphatic carbocycles. The Morgan fingerprint density at radius 2 is 2.25 bits per heavy atom. The standard InChI is InChI=1S/C9H16N2O4S/c1-2-15-8(12)7-4-3-5-11(6-7)16(14)9(10)13/h7H,2-6H2,1H3,(H2,10,13). The van der Waals surface area contributed by atoms with E-state index in [0.29, 0.717) is 26.0 Å². The normalized spacial score (nSPS) is 23.7. The lowest BCUT2D eigenvalue weighted by molar-refractivity contribution is -0.149. The number of hydrogen-bond donors (Lipinski definition) is 1. The average Bonchev–Trinajstić information content (AvgIpc) is 2.28. The van der Waals surface area contributed by atoms with E-state index in [1.54, 1.807) is 6.92 Å². The minimum absolute atomic E-state index is 0.272. The Bertz CT molecular complexity index is 308. The molecule has 1 rings (SSSR count). The Morgan fingerprint density at radius 1 is 1.56 bits per heavy atom. The fraction of sp³-hybridized carbons (Fsp3) is 0.778. The topological polar surface area (TPSA) is 89.7 Å². The second-order valence-electron chi connectivity index (χ2n) is 3.55. The van der Waals surface area contributed by atoms with Crippen LogP contribution in [0, 0.1) is 5.92 Å². The molecule has 0 aromatic carbocycles. The molecule has 6 nitrogen and oxygen atoms in total. The van der Waals surface area contributed by atoms with Crippen LogP contribution >= 0.6 is 0 Å². The number of carbonyl (C=O) groups is 2. The van der Waals surface area contributed by atoms with Gasteiger partial charge in [0.1, 0.15) is 0 Å². The number of nitrogens with two attached hydrogens (primary N) is 1. The molecule has 2 atom stereocenters. The first-order chi connectivity index (χ1) is 7.56. The summed E-state index contributed by atoms with van der Waals surface area (Å²) in [6.07, 6.45) is 1.41. The van der Waals surface area contributed by atoms with Crippen LogP contribution in [0.4, 0.5) is 4.79 Å². The van der Waals surface area contributed by atoms with Gasteiger partial charge in [-0.3, -0.25) is 9.59 Å². The average molecular weight is 248 g/mol. The van der Waals surface area contributed by atoms with Crippen LogP contribution in [-0.2, 0) is 20.5 Å². The van der Waals surface area contributed by atoms with Gasteiger partial charge in [0.15, 0.2) is 11.0 Å². The van der Waals surface area contributed by atoms with Crippen molar-refractivity contribution in [2.45, 2.75) is 19.8 Å². The van der Waals surface area contributed by atoms with Gasteiger partial charge in [-0.2, -0.15) is 0 Å². The second kappa shape index (κ2) is 5.95. The van der Waals surface area contributed by atoms with Crippen molar-refractivity contribution >= 4 is 22.2 Å². The molecule has 0 saturated carbocycles. The van der Waals surface area contributed by atoms with Gasteiger partial charge in [-0.1, -0.05) is 0 Å². The molecule has 1 heterocycles. The molecule has 16 heavy (non-hydrogen) atoms. The lowest BCUT2D eigenvalue weighted by Gasteiger charge is -2.28. The Morgan fingerprint density at radius 3 is 2.81 bits per heavy atom. The van der Waals surface area contributed by atoms with E-state index < -0.39 is 16.2 Å². The number of rotatable bonds is 3. The zero-order chi connectivity index (χ0) is 12.1. The number of primary amides is 1. The first-order valence-corrected chi connectivity index (χ1v) is 6.29. The zero-order valence-electron chi connectivity index (χ0n) is 9.18. The number of piperidine rings is 1. The van der Waals surface area contributed by atoms with Crippen LogP contribution in [-0.4, -0.2) is 39.4 Å². The lowest BCUT2D eigenvalue weighted by Crippen LogP contribution is -2.43. The van der Waals surface area contributed by atoms with Crippen molar-refractivity contribution in [1.82, 2.24) is 4.31 Å². The summed E-state index contributed by atoms with van der Waals surface area (Å²) in [6.45, 7) is 2.86. The summed E-state index contributed by atoms with van der Waals surface area (Å²) in [5.41, 5.74) is 4.95. The molecule has 0 spiro atoms. The van der Waals surface area contributed by atoms with Gasteiger partial charge < -0.3 is 10.5 Å². The summed E-state index contributed by atoms with van der Waals surface area (Å²) in [5.74, 6) is -0.606. The van der Waals surface area contributed by atoms with Crippen LogP contribution in [0.25, 0.3) is 0 Å². The molecular weight excluding hydrogens is 232 g/mol. The first kappa shape index (κ1) is 13.1. The number of nitrogens with zero attached hydrogens (tertiary/aromatic N) is 1. The minimum Gasteiger partial charge on any atom is -0.466 e. The summed E-state index contributed by atoms with van der Waals surface area (Å²) in [7, 11) is -1.83. The first-order valence-electron chi connectivity index (χ1n) is 5.19. The monoisotopic (exact) mass is 248 g/mol. The summed E-state index contributed by atoms with van der Waals surface area (Å²) < 4.78 is 17.7. The van der Waals surface area contributed by atoms with E-state index in [2.05, 4.69) is 0 Å². The molecule has 1 aliphatic rings. The number of hydrogen-bond acceptors (Lipinski definition) is 4. The highest BCUT2D eigenvalue weighted by Crippen LogP contribution is 2.19. The van der Waals surface area contributed by atoms with Gasteiger partial charge in [0.25, 0.3) is 0 Å². The van der Waals surface area contributed by atoms with Gasteiger partial charge in [0.05, 0.1) is 12.5 Å². The van der Waals surface area contributed by atoms with E-state index in [1.807, 2.05) is 0 Å². The molecule has 0 radical (unpaired) electrons. The highest BCUT2D eigenvalue weighted by atomic mass is 32.2. The molecule has 1 amide bonds. The third kappa shape index (κ3) is 3.28. The van der Waals surface area contributed by atoms with E-state index in [1.165, 1.54) is 4.31 Å². The third-order valence-corrected chi connectivity index (χ3v) is 3.56. The van der Waals surface area contributed by atoms with Gasteiger partial charge in [-0.15, -0.1) is 0 Å². The van der Waals surface area contributed by atoms with Gasteiger partial charge in [-0.05, 0) is 19.8 Å². The summed E-state index contributed by atoms with van der Waals surface area (Å²) in [4.78, 5) is 22.2. The van der Waals surface area contributed by atoms with E-state index >= 15 is 0 Å². The highest BCUT2D eigenvalue weighted by Gasteiger charge is 2.30. The number of carbonyl (C=O) groups excluding carboxylic acids is 2. The largest absolute Gasteiger partial charge is 0.466 e. The molecule has 7 heteroatoms. The molecule has 1 fully saturated rings. The Labute approximate surface area is 96.7 Å². The number of amides is 1. The van der Waals surface area contributed by atoms with Gasteiger partial charge in [-0.25, -0.2) is 8.51 Å². The maximum Gasteiger partial charge on any atom is 0.321 e. The van der Waals surface area contributed by atoms with Crippen molar-refractivity contribution < 1.29 is 18.5 Å². The SMILES string of the molecule is CCOC(=O)C1CCCN(S(=O)C(N)=O)C1. The zero-order valence-corrected chi connectivity index (χ0v) is 10.00. The van der Waals surface area contributed by atoms with E-state index in [0.717, 1.165) is 0 Å². The van der Waals surface area contributed by atoms with Crippen molar-refractivity contribution in [3.8, 4) is 0 Å². The Hall–Kier alpha value is -0.950. The summed E-state index contributed by atoms with van der Waals surface area (Å²) >= 11 is 0. The molecule has 0 bridgehead atoms. The fourth-order valence-corrected chi connectivity index (χ4v) is 2.54. The van der Waals surface area contributed by atoms with E-state index in [9.17, 15) is 13.8 Å². The van der Waals surface area contributed by atoms with Crippen LogP contribution in [0.5, 0.6) is 0 Å². The molecule has 2 unspecified atom stereocenters. The predicted octanol–water partition coefficient (Wildman–Crippen LogP) is 0.00390. The molecule has 92 valence electrons. The molecule has 1 saturated heterocycles. The Kier molecular flexibility index (Phi) is 4.88. The number of esters is 1. The highest BCUT2D eigenvalue weighted by molar-refractivity contribution is 7.98. The summed E-state index contributed by atoms with van der Waals surface area (Å²) in [6, 6.07) is 0. The third-order valence-electron chi connectivity index (χ3n) is 2.41. The van der Waals surface area contributed by atoms with E-state index in [4.69, 9.17) is 10.5 Å². The fourth-order valence-electron chi connectivity index (χ4n) is 1.67. The van der Waals surface area contributed by atoms with Gasteiger partial charge in [0.2, 0.25) is 0 Å².